The van der Waals surface area contributed by atoms with Crippen molar-refractivity contribution in [2.45, 2.75) is 64.9 Å². The molecule has 4 atom stereocenters. The van der Waals surface area contributed by atoms with Gasteiger partial charge in [-0.2, -0.15) is 0 Å². The minimum absolute atomic E-state index is 0.0566. The molecule has 4 nitrogen and oxygen atoms in total. The molecule has 1 amide bonds. The second-order valence-corrected chi connectivity index (χ2v) is 6.59. The summed E-state index contributed by atoms with van der Waals surface area (Å²) in [6.07, 6.45) is 2.22. The molecule has 0 aromatic carbocycles. The van der Waals surface area contributed by atoms with E-state index < -0.39 is 5.54 Å². The number of carbonyl (C=O) groups is 1. The maximum atomic E-state index is 11.7. The highest BCUT2D eigenvalue weighted by Crippen LogP contribution is 2.40. The molecule has 1 rings (SSSR count). The number of hydrogen-bond donors (Lipinski definition) is 1. The number of ether oxygens (including phenoxy) is 2. The van der Waals surface area contributed by atoms with Crippen molar-refractivity contribution in [3.05, 3.63) is 18.4 Å². The molecular weight excluding hydrogens is 266 g/mol. The van der Waals surface area contributed by atoms with Gasteiger partial charge in [0.25, 0.3) is 0 Å². The molecule has 0 radical (unpaired) electrons. The van der Waals surface area contributed by atoms with Crippen LogP contribution >= 0.6 is 0 Å². The summed E-state index contributed by atoms with van der Waals surface area (Å²) in [6, 6.07) is 0. The lowest BCUT2D eigenvalue weighted by molar-refractivity contribution is -0.122. The summed E-state index contributed by atoms with van der Waals surface area (Å²) >= 11 is 0. The average Bonchev–Trinajstić information content (AvgIpc) is 2.61. The van der Waals surface area contributed by atoms with Gasteiger partial charge in [0.15, 0.2) is 0 Å². The normalized spacial score (nSPS) is 32.3. The zero-order valence-electron chi connectivity index (χ0n) is 14.1. The molecule has 1 saturated heterocycles. The van der Waals surface area contributed by atoms with Crippen LogP contribution < -0.4 is 5.32 Å². The zero-order chi connectivity index (χ0) is 16.2. The van der Waals surface area contributed by atoms with Crippen LogP contribution in [0.5, 0.6) is 0 Å². The first kappa shape index (κ1) is 18.0. The van der Waals surface area contributed by atoms with Gasteiger partial charge in [-0.25, -0.2) is 0 Å². The zero-order valence-corrected chi connectivity index (χ0v) is 14.1. The molecule has 0 aliphatic carbocycles. The molecule has 1 heterocycles. The Hall–Kier alpha value is -1.09. The smallest absolute Gasteiger partial charge is 0.217 e. The van der Waals surface area contributed by atoms with E-state index in [0.717, 1.165) is 6.42 Å². The van der Waals surface area contributed by atoms with E-state index in [0.29, 0.717) is 5.92 Å². The molecule has 1 aliphatic rings. The number of carbonyl (C=O) groups excluding carboxylic acids is 1. The summed E-state index contributed by atoms with van der Waals surface area (Å²) in [5, 5.41) is 3.04. The Morgan fingerprint density at radius 3 is 2.48 bits per heavy atom. The highest BCUT2D eigenvalue weighted by atomic mass is 16.6. The van der Waals surface area contributed by atoms with E-state index in [1.807, 2.05) is 0 Å². The van der Waals surface area contributed by atoms with Gasteiger partial charge in [0.05, 0.1) is 12.2 Å². The van der Waals surface area contributed by atoms with Crippen LogP contribution in [-0.2, 0) is 14.3 Å². The largest absolute Gasteiger partial charge is 0.376 e. The van der Waals surface area contributed by atoms with Crippen LogP contribution in [0.3, 0.4) is 0 Å². The standard InChI is InChI=1S/C17H29NO3/c1-8-9-17(18-13(6)19)15(12(4)5)21-14(10-11(2)3)16(17)20-7/h9,11-12,14-16H,1,10H2,2-7H3,(H,18,19)/t14-,15+,16-,17?/m1/s1. The third-order valence-corrected chi connectivity index (χ3v) is 3.90. The van der Waals surface area contributed by atoms with Gasteiger partial charge in [-0.05, 0) is 24.3 Å². The molecule has 0 bridgehead atoms. The third-order valence-electron chi connectivity index (χ3n) is 3.90. The number of nitrogens with one attached hydrogen (secondary N) is 1. The summed E-state index contributed by atoms with van der Waals surface area (Å²) in [5.74, 6) is 0.612. The van der Waals surface area contributed by atoms with Crippen LogP contribution in [0, 0.1) is 11.8 Å². The van der Waals surface area contributed by atoms with Crippen LogP contribution in [0.15, 0.2) is 18.4 Å². The van der Waals surface area contributed by atoms with Crippen LogP contribution in [0.1, 0.15) is 41.0 Å². The lowest BCUT2D eigenvalue weighted by atomic mass is 9.80. The molecular formula is C17H29NO3. The summed E-state index contributed by atoms with van der Waals surface area (Å²) in [6.45, 7) is 13.7. The quantitative estimate of drug-likeness (QED) is 0.766. The Morgan fingerprint density at radius 2 is 2.10 bits per heavy atom. The van der Waals surface area contributed by atoms with E-state index in [4.69, 9.17) is 9.47 Å². The summed E-state index contributed by atoms with van der Waals surface area (Å²) < 4.78 is 12.0. The molecule has 21 heavy (non-hydrogen) atoms. The summed E-state index contributed by atoms with van der Waals surface area (Å²) in [5.41, 5.74) is 2.12. The first-order valence-corrected chi connectivity index (χ1v) is 7.62. The van der Waals surface area contributed by atoms with Gasteiger partial charge in [0, 0.05) is 14.0 Å². The van der Waals surface area contributed by atoms with Crippen molar-refractivity contribution in [3.8, 4) is 0 Å². The van der Waals surface area contributed by atoms with Crippen molar-refractivity contribution >= 4 is 5.91 Å². The van der Waals surface area contributed by atoms with Gasteiger partial charge in [-0.3, -0.25) is 4.79 Å². The van der Waals surface area contributed by atoms with Crippen LogP contribution in [0.2, 0.25) is 0 Å². The molecule has 1 aliphatic heterocycles. The Labute approximate surface area is 128 Å². The van der Waals surface area contributed by atoms with Gasteiger partial charge in [-0.15, -0.1) is 5.73 Å². The van der Waals surface area contributed by atoms with E-state index in [9.17, 15) is 4.79 Å². The van der Waals surface area contributed by atoms with Gasteiger partial charge in [0.1, 0.15) is 11.6 Å². The number of hydrogen-bond acceptors (Lipinski definition) is 3. The van der Waals surface area contributed by atoms with Gasteiger partial charge in [-0.1, -0.05) is 34.3 Å². The second-order valence-electron chi connectivity index (χ2n) is 6.59. The highest BCUT2D eigenvalue weighted by Gasteiger charge is 2.57. The molecule has 4 heteroatoms. The Bertz CT molecular complexity index is 412. The molecule has 0 aromatic heterocycles. The number of amides is 1. The lowest BCUT2D eigenvalue weighted by Gasteiger charge is -2.37. The Morgan fingerprint density at radius 1 is 1.48 bits per heavy atom. The summed E-state index contributed by atoms with van der Waals surface area (Å²) in [7, 11) is 1.66. The maximum absolute atomic E-state index is 11.7. The van der Waals surface area contributed by atoms with Gasteiger partial charge >= 0.3 is 0 Å². The molecule has 1 unspecified atom stereocenters. The van der Waals surface area contributed by atoms with Crippen molar-refractivity contribution in [2.24, 2.45) is 11.8 Å². The fourth-order valence-corrected chi connectivity index (χ4v) is 3.36. The molecule has 1 N–H and O–H groups in total. The molecule has 1 fully saturated rings. The van der Waals surface area contributed by atoms with Crippen LogP contribution in [-0.4, -0.2) is 36.9 Å². The van der Waals surface area contributed by atoms with Crippen LogP contribution in [0.25, 0.3) is 0 Å². The van der Waals surface area contributed by atoms with Crippen LogP contribution in [0.4, 0.5) is 0 Å². The number of rotatable bonds is 6. The summed E-state index contributed by atoms with van der Waals surface area (Å²) in [4.78, 5) is 11.7. The minimum atomic E-state index is -0.712. The Kier molecular flexibility index (Phi) is 6.21. The molecule has 120 valence electrons. The van der Waals surface area contributed by atoms with Crippen molar-refractivity contribution in [1.82, 2.24) is 5.32 Å². The third kappa shape index (κ3) is 3.76. The van der Waals surface area contributed by atoms with E-state index in [1.165, 1.54) is 6.92 Å². The monoisotopic (exact) mass is 295 g/mol. The molecule has 0 saturated carbocycles. The fourth-order valence-electron chi connectivity index (χ4n) is 3.36. The van der Waals surface area contributed by atoms with Crippen molar-refractivity contribution in [2.75, 3.05) is 7.11 Å². The predicted octanol–water partition coefficient (Wildman–Crippen LogP) is 2.69. The van der Waals surface area contributed by atoms with E-state index in [2.05, 4.69) is 45.3 Å². The fraction of sp³-hybridized carbons (Fsp3) is 0.765. The van der Waals surface area contributed by atoms with E-state index in [1.54, 1.807) is 13.2 Å². The van der Waals surface area contributed by atoms with Crippen molar-refractivity contribution < 1.29 is 14.3 Å². The molecule has 0 aromatic rings. The predicted molar refractivity (Wildman–Crippen MR) is 84.0 cm³/mol. The second kappa shape index (κ2) is 7.26. The van der Waals surface area contributed by atoms with E-state index >= 15 is 0 Å². The first-order valence-electron chi connectivity index (χ1n) is 7.62. The van der Waals surface area contributed by atoms with E-state index in [-0.39, 0.29) is 30.1 Å². The lowest BCUT2D eigenvalue weighted by Crippen LogP contribution is -2.61. The van der Waals surface area contributed by atoms with Gasteiger partial charge in [0.2, 0.25) is 5.91 Å². The molecule has 0 spiro atoms. The Balaban J connectivity index is 3.29. The maximum Gasteiger partial charge on any atom is 0.217 e. The first-order chi connectivity index (χ1) is 9.78. The highest BCUT2D eigenvalue weighted by molar-refractivity contribution is 5.74. The van der Waals surface area contributed by atoms with Crippen molar-refractivity contribution in [1.29, 1.82) is 0 Å². The van der Waals surface area contributed by atoms with Crippen molar-refractivity contribution in [3.63, 3.8) is 0 Å². The topological polar surface area (TPSA) is 47.6 Å². The average molecular weight is 295 g/mol. The van der Waals surface area contributed by atoms with Gasteiger partial charge < -0.3 is 14.8 Å². The number of methoxy groups -OCH3 is 1. The minimum Gasteiger partial charge on any atom is -0.376 e. The SMILES string of the molecule is C=C=CC1(NC(C)=O)[C@H](OC)[C@@H](CC(C)C)O[C@H]1C(C)C.